The first-order valence-electron chi connectivity index (χ1n) is 4.47. The lowest BCUT2D eigenvalue weighted by atomic mass is 9.77. The van der Waals surface area contributed by atoms with Gasteiger partial charge in [-0.1, -0.05) is 32.9 Å². The molecule has 0 aromatic rings. The van der Waals surface area contributed by atoms with Crippen LogP contribution in [0.2, 0.25) is 0 Å². The van der Waals surface area contributed by atoms with Crippen LogP contribution < -0.4 is 0 Å². The Bertz CT molecular complexity index is 149. The summed E-state index contributed by atoms with van der Waals surface area (Å²) in [7, 11) is 0. The maximum Gasteiger partial charge on any atom is 0.0225 e. The Labute approximate surface area is 75.5 Å². The van der Waals surface area contributed by atoms with Crippen molar-refractivity contribution in [2.75, 3.05) is 0 Å². The van der Waals surface area contributed by atoms with Gasteiger partial charge in [0.1, 0.15) is 0 Å². The Morgan fingerprint density at radius 3 is 2.55 bits per heavy atom. The average Bonchev–Trinajstić information content (AvgIpc) is 1.94. The minimum Gasteiger partial charge on any atom is -0.171 e. The Kier molecular flexibility index (Phi) is 3.06. The molecule has 1 aliphatic carbocycles. The highest BCUT2D eigenvalue weighted by Gasteiger charge is 2.26. The molecule has 64 valence electrons. The molecule has 0 aromatic heterocycles. The minimum absolute atomic E-state index is 0.483. The first-order valence-corrected chi connectivity index (χ1v) is 4.99. The van der Waals surface area contributed by atoms with E-state index in [1.807, 2.05) is 0 Å². The molecule has 0 amide bonds. The fraction of sp³-hybridized carbons (Fsp3) is 0.800. The molecule has 1 heteroatoms. The zero-order valence-corrected chi connectivity index (χ0v) is 8.51. The molecule has 0 aliphatic heterocycles. The molecule has 1 rings (SSSR count). The smallest absolute Gasteiger partial charge is 0.0225 e. The molecule has 3 atom stereocenters. The van der Waals surface area contributed by atoms with Crippen molar-refractivity contribution in [3.05, 3.63) is 12.2 Å². The van der Waals surface area contributed by atoms with E-state index < -0.39 is 0 Å². The Hall–Kier alpha value is 0.0900. The maximum atomic E-state index is 4.52. The second-order valence-corrected chi connectivity index (χ2v) is 4.52. The third kappa shape index (κ3) is 2.02. The zero-order chi connectivity index (χ0) is 8.43. The minimum atomic E-state index is 0.483. The van der Waals surface area contributed by atoms with Crippen LogP contribution in [0, 0.1) is 17.8 Å². The highest BCUT2D eigenvalue weighted by Crippen LogP contribution is 2.33. The van der Waals surface area contributed by atoms with Crippen LogP contribution in [0.4, 0.5) is 0 Å². The predicted octanol–water partition coefficient (Wildman–Crippen LogP) is 3.15. The lowest BCUT2D eigenvalue weighted by molar-refractivity contribution is 0.270. The maximum absolute atomic E-state index is 4.52. The topological polar surface area (TPSA) is 0 Å². The van der Waals surface area contributed by atoms with E-state index in [9.17, 15) is 0 Å². The average molecular weight is 170 g/mol. The first-order chi connectivity index (χ1) is 5.13. The predicted molar refractivity (Wildman–Crippen MR) is 54.0 cm³/mol. The molecule has 0 saturated heterocycles. The summed E-state index contributed by atoms with van der Waals surface area (Å²) in [6, 6.07) is 0. The molecule has 0 nitrogen and oxygen atoms in total. The van der Waals surface area contributed by atoms with Gasteiger partial charge in [0, 0.05) is 5.25 Å². The zero-order valence-electron chi connectivity index (χ0n) is 7.62. The van der Waals surface area contributed by atoms with Crippen LogP contribution >= 0.6 is 12.6 Å². The molecule has 0 spiro atoms. The molecule has 0 aromatic carbocycles. The van der Waals surface area contributed by atoms with E-state index in [1.165, 1.54) is 6.42 Å². The van der Waals surface area contributed by atoms with Crippen LogP contribution in [-0.2, 0) is 0 Å². The molecule has 0 heterocycles. The van der Waals surface area contributed by atoms with E-state index in [0.717, 1.165) is 17.8 Å². The summed E-state index contributed by atoms with van der Waals surface area (Å²) in [5.41, 5.74) is 0. The number of allylic oxidation sites excluding steroid dienone is 1. The van der Waals surface area contributed by atoms with Crippen molar-refractivity contribution in [1.29, 1.82) is 0 Å². The van der Waals surface area contributed by atoms with Gasteiger partial charge >= 0.3 is 0 Å². The van der Waals surface area contributed by atoms with E-state index in [-0.39, 0.29) is 0 Å². The van der Waals surface area contributed by atoms with Gasteiger partial charge in [0.05, 0.1) is 0 Å². The van der Waals surface area contributed by atoms with E-state index in [2.05, 4.69) is 45.6 Å². The summed E-state index contributed by atoms with van der Waals surface area (Å²) < 4.78 is 0. The molecule has 3 unspecified atom stereocenters. The van der Waals surface area contributed by atoms with Gasteiger partial charge in [0.2, 0.25) is 0 Å². The highest BCUT2D eigenvalue weighted by atomic mass is 32.1. The molecular formula is C10H18S. The summed E-state index contributed by atoms with van der Waals surface area (Å²) in [5.74, 6) is 2.37. The van der Waals surface area contributed by atoms with Crippen molar-refractivity contribution >= 4 is 12.6 Å². The van der Waals surface area contributed by atoms with Gasteiger partial charge in [0.25, 0.3) is 0 Å². The van der Waals surface area contributed by atoms with Crippen LogP contribution in [0.5, 0.6) is 0 Å². The van der Waals surface area contributed by atoms with E-state index in [1.54, 1.807) is 0 Å². The summed E-state index contributed by atoms with van der Waals surface area (Å²) in [6.45, 7) is 6.92. The summed E-state index contributed by atoms with van der Waals surface area (Å²) >= 11 is 4.52. The molecule has 0 bridgehead atoms. The Morgan fingerprint density at radius 2 is 2.09 bits per heavy atom. The lowest BCUT2D eigenvalue weighted by Gasteiger charge is -2.32. The fourth-order valence-corrected chi connectivity index (χ4v) is 2.24. The van der Waals surface area contributed by atoms with Crippen molar-refractivity contribution in [2.24, 2.45) is 17.8 Å². The van der Waals surface area contributed by atoms with Crippen LogP contribution in [0.15, 0.2) is 12.2 Å². The van der Waals surface area contributed by atoms with E-state index in [4.69, 9.17) is 0 Å². The summed E-state index contributed by atoms with van der Waals surface area (Å²) in [5, 5.41) is 0.483. The molecule has 11 heavy (non-hydrogen) atoms. The third-order valence-corrected chi connectivity index (χ3v) is 3.45. The van der Waals surface area contributed by atoms with Gasteiger partial charge in [-0.25, -0.2) is 0 Å². The second-order valence-electron chi connectivity index (χ2n) is 3.92. The number of hydrogen-bond acceptors (Lipinski definition) is 1. The lowest BCUT2D eigenvalue weighted by Crippen LogP contribution is -2.26. The normalized spacial score (nSPS) is 38.1. The van der Waals surface area contributed by atoms with Crippen LogP contribution in [0.25, 0.3) is 0 Å². The van der Waals surface area contributed by atoms with Gasteiger partial charge in [-0.2, -0.15) is 12.6 Å². The van der Waals surface area contributed by atoms with Crippen molar-refractivity contribution in [3.8, 4) is 0 Å². The summed E-state index contributed by atoms with van der Waals surface area (Å²) in [6.07, 6.45) is 5.75. The molecule has 0 N–H and O–H groups in total. The van der Waals surface area contributed by atoms with Crippen LogP contribution in [0.3, 0.4) is 0 Å². The molecule has 0 radical (unpaired) electrons. The Balaban J connectivity index is 2.62. The fourth-order valence-electron chi connectivity index (χ4n) is 1.90. The largest absolute Gasteiger partial charge is 0.171 e. The molecule has 0 saturated carbocycles. The van der Waals surface area contributed by atoms with Crippen molar-refractivity contribution in [3.63, 3.8) is 0 Å². The van der Waals surface area contributed by atoms with E-state index >= 15 is 0 Å². The molecule has 1 aliphatic rings. The standard InChI is InChI=1S/C10H18S/c1-7(2)9-5-4-6-10(11)8(9)3/h4,6-11H,5H2,1-3H3. The van der Waals surface area contributed by atoms with Crippen LogP contribution in [0.1, 0.15) is 27.2 Å². The van der Waals surface area contributed by atoms with E-state index in [0.29, 0.717) is 5.25 Å². The molecular weight excluding hydrogens is 152 g/mol. The van der Waals surface area contributed by atoms with Gasteiger partial charge in [-0.3, -0.25) is 0 Å². The van der Waals surface area contributed by atoms with Gasteiger partial charge in [0.15, 0.2) is 0 Å². The van der Waals surface area contributed by atoms with Gasteiger partial charge in [-0.05, 0) is 24.2 Å². The second kappa shape index (κ2) is 3.66. The number of thiol groups is 1. The van der Waals surface area contributed by atoms with Gasteiger partial charge < -0.3 is 0 Å². The van der Waals surface area contributed by atoms with Crippen molar-refractivity contribution < 1.29 is 0 Å². The quantitative estimate of drug-likeness (QED) is 0.453. The van der Waals surface area contributed by atoms with Crippen LogP contribution in [-0.4, -0.2) is 5.25 Å². The third-order valence-electron chi connectivity index (χ3n) is 2.81. The highest BCUT2D eigenvalue weighted by molar-refractivity contribution is 7.81. The molecule has 0 fully saturated rings. The first kappa shape index (κ1) is 9.18. The summed E-state index contributed by atoms with van der Waals surface area (Å²) in [4.78, 5) is 0. The Morgan fingerprint density at radius 1 is 1.45 bits per heavy atom. The van der Waals surface area contributed by atoms with Crippen molar-refractivity contribution in [2.45, 2.75) is 32.4 Å². The SMILES string of the molecule is CC(C)C1CC=CC(S)C1C. The van der Waals surface area contributed by atoms with Crippen molar-refractivity contribution in [1.82, 2.24) is 0 Å². The number of hydrogen-bond donors (Lipinski definition) is 1. The number of rotatable bonds is 1. The van der Waals surface area contributed by atoms with Gasteiger partial charge in [-0.15, -0.1) is 0 Å². The monoisotopic (exact) mass is 170 g/mol.